The Hall–Kier alpha value is -3.06. The third-order valence-corrected chi connectivity index (χ3v) is 5.93. The van der Waals surface area contributed by atoms with E-state index in [4.69, 9.17) is 9.47 Å². The number of hydrogen-bond acceptors (Lipinski definition) is 4. The van der Waals surface area contributed by atoms with Gasteiger partial charge in [-0.3, -0.25) is 0 Å². The number of fused-ring (bicyclic) bond motifs is 1. The summed E-state index contributed by atoms with van der Waals surface area (Å²) in [4.78, 5) is 4.48. The van der Waals surface area contributed by atoms with Crippen molar-refractivity contribution in [2.24, 2.45) is 0 Å². The van der Waals surface area contributed by atoms with Crippen molar-refractivity contribution in [1.82, 2.24) is 4.98 Å². The van der Waals surface area contributed by atoms with Gasteiger partial charge < -0.3 is 9.47 Å². The summed E-state index contributed by atoms with van der Waals surface area (Å²) in [5.74, 6) is 1.31. The van der Waals surface area contributed by atoms with Crippen LogP contribution >= 0.6 is 11.3 Å². The molecule has 1 heterocycles. The fourth-order valence-electron chi connectivity index (χ4n) is 3.23. The molecule has 0 aliphatic carbocycles. The van der Waals surface area contributed by atoms with E-state index >= 15 is 0 Å². The van der Waals surface area contributed by atoms with Crippen LogP contribution in [0.3, 0.4) is 0 Å². The highest BCUT2D eigenvalue weighted by Crippen LogP contribution is 2.34. The molecule has 0 spiro atoms. The Morgan fingerprint density at radius 2 is 1.68 bits per heavy atom. The van der Waals surface area contributed by atoms with E-state index in [1.54, 1.807) is 7.11 Å². The lowest BCUT2D eigenvalue weighted by Crippen LogP contribution is -2.03. The molecule has 0 saturated heterocycles. The number of thiazole rings is 1. The van der Waals surface area contributed by atoms with Crippen molar-refractivity contribution in [3.8, 4) is 11.5 Å². The van der Waals surface area contributed by atoms with Gasteiger partial charge >= 0.3 is 6.18 Å². The molecule has 3 aromatic carbocycles. The van der Waals surface area contributed by atoms with Gasteiger partial charge in [-0.25, -0.2) is 4.98 Å². The second kappa shape index (κ2) is 8.98. The number of ether oxygens (including phenoxy) is 2. The monoisotopic (exact) mass is 443 g/mol. The van der Waals surface area contributed by atoms with Crippen LogP contribution in [-0.4, -0.2) is 12.1 Å². The fraction of sp³-hybridized carbons (Fsp3) is 0.208. The first-order chi connectivity index (χ1) is 14.9. The molecule has 4 aromatic rings. The van der Waals surface area contributed by atoms with Crippen LogP contribution in [0.15, 0.2) is 66.7 Å². The van der Waals surface area contributed by atoms with E-state index in [1.807, 2.05) is 48.5 Å². The topological polar surface area (TPSA) is 31.4 Å². The highest BCUT2D eigenvalue weighted by atomic mass is 32.1. The molecule has 0 radical (unpaired) electrons. The quantitative estimate of drug-likeness (QED) is 0.319. The van der Waals surface area contributed by atoms with Gasteiger partial charge in [-0.2, -0.15) is 13.2 Å². The molecule has 0 aliphatic rings. The molecular formula is C24H20F3NO2S. The van der Waals surface area contributed by atoms with E-state index in [9.17, 15) is 13.2 Å². The van der Waals surface area contributed by atoms with Crippen molar-refractivity contribution >= 4 is 21.6 Å². The molecule has 7 heteroatoms. The highest BCUT2D eigenvalue weighted by Gasteiger charge is 2.30. The first-order valence-electron chi connectivity index (χ1n) is 9.72. The van der Waals surface area contributed by atoms with E-state index in [-0.39, 0.29) is 0 Å². The first kappa shape index (κ1) is 21.2. The number of alkyl halides is 3. The summed E-state index contributed by atoms with van der Waals surface area (Å²) in [5, 5.41) is 0.803. The van der Waals surface area contributed by atoms with Crippen molar-refractivity contribution in [3.63, 3.8) is 0 Å². The van der Waals surface area contributed by atoms with Gasteiger partial charge in [0.25, 0.3) is 0 Å². The Kier molecular flexibility index (Phi) is 6.13. The van der Waals surface area contributed by atoms with Gasteiger partial charge in [0.15, 0.2) is 11.5 Å². The average molecular weight is 443 g/mol. The van der Waals surface area contributed by atoms with Crippen molar-refractivity contribution in [3.05, 3.63) is 88.4 Å². The van der Waals surface area contributed by atoms with Gasteiger partial charge in [0.05, 0.1) is 27.9 Å². The largest absolute Gasteiger partial charge is 0.493 e. The molecule has 0 amide bonds. The summed E-state index contributed by atoms with van der Waals surface area (Å²) in [6, 6.07) is 19.3. The first-order valence-corrected chi connectivity index (χ1v) is 10.5. The molecule has 4 rings (SSSR count). The maximum absolute atomic E-state index is 12.9. The minimum absolute atomic E-state index is 0.431. The van der Waals surface area contributed by atoms with Crippen LogP contribution in [0.4, 0.5) is 13.2 Å². The molecule has 0 saturated carbocycles. The Balaban J connectivity index is 1.46. The van der Waals surface area contributed by atoms with Crippen molar-refractivity contribution in [1.29, 1.82) is 0 Å². The summed E-state index contributed by atoms with van der Waals surface area (Å²) < 4.78 is 50.7. The third-order valence-electron chi connectivity index (χ3n) is 4.85. The summed E-state index contributed by atoms with van der Waals surface area (Å²) in [6.07, 6.45) is -3.03. The molecular weight excluding hydrogens is 423 g/mol. The van der Waals surface area contributed by atoms with Gasteiger partial charge in [0, 0.05) is 6.42 Å². The second-order valence-corrected chi connectivity index (χ2v) is 8.16. The van der Waals surface area contributed by atoms with Gasteiger partial charge in [-0.1, -0.05) is 36.4 Å². The normalized spacial score (nSPS) is 11.6. The Morgan fingerprint density at radius 1 is 0.871 bits per heavy atom. The molecule has 160 valence electrons. The molecule has 3 nitrogen and oxygen atoms in total. The van der Waals surface area contributed by atoms with Gasteiger partial charge in [-0.05, 0) is 47.9 Å². The van der Waals surface area contributed by atoms with Crippen LogP contribution in [0.2, 0.25) is 0 Å². The van der Waals surface area contributed by atoms with E-state index in [2.05, 4.69) is 4.98 Å². The summed E-state index contributed by atoms with van der Waals surface area (Å²) >= 11 is 1.30. The maximum Gasteiger partial charge on any atom is 0.416 e. The van der Waals surface area contributed by atoms with Crippen molar-refractivity contribution in [2.45, 2.75) is 25.6 Å². The van der Waals surface area contributed by atoms with Crippen LogP contribution in [0.5, 0.6) is 11.5 Å². The SMILES string of the molecule is COc1ccc(CCc2nc3ccc(C(F)(F)F)cc3s2)cc1OCc1ccccc1. The van der Waals surface area contributed by atoms with Crippen LogP contribution in [0.1, 0.15) is 21.7 Å². The zero-order chi connectivity index (χ0) is 21.8. The van der Waals surface area contributed by atoms with Crippen LogP contribution in [0, 0.1) is 0 Å². The molecule has 0 fully saturated rings. The zero-order valence-electron chi connectivity index (χ0n) is 16.8. The predicted octanol–water partition coefficient (Wildman–Crippen LogP) is 6.69. The predicted molar refractivity (Wildman–Crippen MR) is 116 cm³/mol. The lowest BCUT2D eigenvalue weighted by Gasteiger charge is -2.12. The number of aryl methyl sites for hydroxylation is 2. The Bertz CT molecular complexity index is 1170. The molecule has 0 bridgehead atoms. The van der Waals surface area contributed by atoms with Crippen molar-refractivity contribution < 1.29 is 22.6 Å². The summed E-state index contributed by atoms with van der Waals surface area (Å²) in [5.41, 5.74) is 2.04. The second-order valence-electron chi connectivity index (χ2n) is 7.05. The lowest BCUT2D eigenvalue weighted by atomic mass is 10.1. The molecule has 0 aliphatic heterocycles. The summed E-state index contributed by atoms with van der Waals surface area (Å²) in [6.45, 7) is 0.431. The Labute approximate surface area is 182 Å². The number of aromatic nitrogens is 1. The molecule has 31 heavy (non-hydrogen) atoms. The summed E-state index contributed by atoms with van der Waals surface area (Å²) in [7, 11) is 1.60. The number of nitrogens with zero attached hydrogens (tertiary/aromatic N) is 1. The maximum atomic E-state index is 12.9. The minimum Gasteiger partial charge on any atom is -0.493 e. The van der Waals surface area contributed by atoms with Crippen LogP contribution in [0.25, 0.3) is 10.2 Å². The van der Waals surface area contributed by atoms with E-state index < -0.39 is 11.7 Å². The van der Waals surface area contributed by atoms with E-state index in [0.717, 1.165) is 22.2 Å². The smallest absolute Gasteiger partial charge is 0.416 e. The fourth-order valence-corrected chi connectivity index (χ4v) is 4.24. The van der Waals surface area contributed by atoms with E-state index in [1.165, 1.54) is 23.5 Å². The molecule has 0 unspecified atom stereocenters. The standard InChI is InChI=1S/C24H20F3NO2S/c1-29-20-11-7-16(13-21(20)30-15-17-5-3-2-4-6-17)8-12-23-28-19-10-9-18(24(25,26)27)14-22(19)31-23/h2-7,9-11,13-14H,8,12,15H2,1H3. The van der Waals surface area contributed by atoms with Gasteiger partial charge in [0.1, 0.15) is 6.61 Å². The number of halogens is 3. The average Bonchev–Trinajstić information content (AvgIpc) is 3.18. The highest BCUT2D eigenvalue weighted by molar-refractivity contribution is 7.18. The van der Waals surface area contributed by atoms with E-state index in [0.29, 0.717) is 41.2 Å². The van der Waals surface area contributed by atoms with Gasteiger partial charge in [0.2, 0.25) is 0 Å². The number of benzene rings is 3. The van der Waals surface area contributed by atoms with Crippen LogP contribution < -0.4 is 9.47 Å². The number of methoxy groups -OCH3 is 1. The third kappa shape index (κ3) is 5.17. The van der Waals surface area contributed by atoms with Crippen molar-refractivity contribution in [2.75, 3.05) is 7.11 Å². The minimum atomic E-state index is -4.35. The number of rotatable bonds is 7. The molecule has 0 N–H and O–H groups in total. The zero-order valence-corrected chi connectivity index (χ0v) is 17.6. The Morgan fingerprint density at radius 3 is 2.42 bits per heavy atom. The lowest BCUT2D eigenvalue weighted by molar-refractivity contribution is -0.137. The molecule has 0 atom stereocenters. The molecule has 1 aromatic heterocycles. The van der Waals surface area contributed by atoms with Gasteiger partial charge in [-0.15, -0.1) is 11.3 Å². The number of hydrogen-bond donors (Lipinski definition) is 0. The van der Waals surface area contributed by atoms with Crippen LogP contribution in [-0.2, 0) is 25.6 Å².